The van der Waals surface area contributed by atoms with Crippen LogP contribution in [0.25, 0.3) is 0 Å². The van der Waals surface area contributed by atoms with Gasteiger partial charge in [-0.15, -0.1) is 11.3 Å². The Morgan fingerprint density at radius 3 is 2.38 bits per heavy atom. The molecule has 0 saturated carbocycles. The molecule has 2 rings (SSSR count). The Labute approximate surface area is 130 Å². The second-order valence-electron chi connectivity index (χ2n) is 3.77. The maximum Gasteiger partial charge on any atom is 0.347 e. The Bertz CT molecular complexity index is 796. The lowest BCUT2D eigenvalue weighted by molar-refractivity contribution is 0.0698. The zero-order valence-corrected chi connectivity index (χ0v) is 13.2. The molecule has 0 atom stereocenters. The first-order valence-corrected chi connectivity index (χ1v) is 8.36. The SMILES string of the molecule is O=C(O)c1sccc1S(=O)(=O)Nc1c(F)cc(Br)cc1F. The Morgan fingerprint density at radius 2 is 1.86 bits per heavy atom. The number of carbonyl (C=O) groups is 1. The molecule has 0 aliphatic rings. The van der Waals surface area contributed by atoms with Crippen molar-refractivity contribution in [3.05, 3.63) is 44.6 Å². The number of nitrogens with one attached hydrogen (secondary N) is 1. The lowest BCUT2D eigenvalue weighted by atomic mass is 10.3. The molecule has 2 aromatic rings. The van der Waals surface area contributed by atoms with Crippen LogP contribution in [0.4, 0.5) is 14.5 Å². The van der Waals surface area contributed by atoms with E-state index in [0.717, 1.165) is 18.2 Å². The van der Waals surface area contributed by atoms with E-state index in [1.807, 2.05) is 0 Å². The van der Waals surface area contributed by atoms with Crippen molar-refractivity contribution in [2.75, 3.05) is 4.72 Å². The summed E-state index contributed by atoms with van der Waals surface area (Å²) in [7, 11) is -4.42. The van der Waals surface area contributed by atoms with E-state index in [1.165, 1.54) is 5.38 Å². The van der Waals surface area contributed by atoms with Crippen molar-refractivity contribution >= 4 is 48.9 Å². The number of sulfonamides is 1. The van der Waals surface area contributed by atoms with E-state index in [2.05, 4.69) is 15.9 Å². The van der Waals surface area contributed by atoms with Gasteiger partial charge in [-0.1, -0.05) is 15.9 Å². The van der Waals surface area contributed by atoms with Gasteiger partial charge < -0.3 is 5.11 Å². The molecule has 5 nitrogen and oxygen atoms in total. The van der Waals surface area contributed by atoms with Crippen molar-refractivity contribution in [3.8, 4) is 0 Å². The fourth-order valence-electron chi connectivity index (χ4n) is 1.49. The van der Waals surface area contributed by atoms with Gasteiger partial charge in [0.1, 0.15) is 15.5 Å². The molecule has 1 heterocycles. The quantitative estimate of drug-likeness (QED) is 0.828. The number of hydrogen-bond donors (Lipinski definition) is 2. The first-order valence-electron chi connectivity index (χ1n) is 5.20. The first kappa shape index (κ1) is 15.9. The minimum absolute atomic E-state index is 0.0993. The van der Waals surface area contributed by atoms with Crippen molar-refractivity contribution in [2.45, 2.75) is 4.90 Å². The van der Waals surface area contributed by atoms with Gasteiger partial charge >= 0.3 is 5.97 Å². The van der Waals surface area contributed by atoms with Crippen molar-refractivity contribution in [1.82, 2.24) is 0 Å². The largest absolute Gasteiger partial charge is 0.477 e. The van der Waals surface area contributed by atoms with E-state index in [4.69, 9.17) is 5.11 Å². The van der Waals surface area contributed by atoms with Crippen LogP contribution in [0.15, 0.2) is 32.9 Å². The molecule has 2 N–H and O–H groups in total. The summed E-state index contributed by atoms with van der Waals surface area (Å²) in [4.78, 5) is 9.93. The van der Waals surface area contributed by atoms with Crippen molar-refractivity contribution in [3.63, 3.8) is 0 Å². The third-order valence-electron chi connectivity index (χ3n) is 2.36. The van der Waals surface area contributed by atoms with Gasteiger partial charge in [0, 0.05) is 4.47 Å². The van der Waals surface area contributed by atoms with E-state index in [-0.39, 0.29) is 4.47 Å². The summed E-state index contributed by atoms with van der Waals surface area (Å²) >= 11 is 3.56. The minimum atomic E-state index is -4.42. The van der Waals surface area contributed by atoms with Crippen molar-refractivity contribution in [1.29, 1.82) is 0 Å². The molecule has 0 saturated heterocycles. The Balaban J connectivity index is 2.48. The van der Waals surface area contributed by atoms with Crippen LogP contribution in [0.3, 0.4) is 0 Å². The van der Waals surface area contributed by atoms with Crippen molar-refractivity contribution in [2.24, 2.45) is 0 Å². The summed E-state index contributed by atoms with van der Waals surface area (Å²) < 4.78 is 53.2. The second kappa shape index (κ2) is 5.70. The summed E-state index contributed by atoms with van der Waals surface area (Å²) in [6.07, 6.45) is 0. The normalized spacial score (nSPS) is 11.4. The van der Waals surface area contributed by atoms with Gasteiger partial charge in [0.05, 0.1) is 0 Å². The lowest BCUT2D eigenvalue weighted by Gasteiger charge is -2.10. The monoisotopic (exact) mass is 397 g/mol. The predicted octanol–water partition coefficient (Wildman–Crippen LogP) is 3.29. The highest BCUT2D eigenvalue weighted by atomic mass is 79.9. The molecule has 0 radical (unpaired) electrons. The number of rotatable bonds is 4. The summed E-state index contributed by atoms with van der Waals surface area (Å²) in [5.74, 6) is -3.70. The zero-order valence-electron chi connectivity index (χ0n) is 9.93. The van der Waals surface area contributed by atoms with E-state index >= 15 is 0 Å². The molecule has 1 aromatic carbocycles. The molecule has 112 valence electrons. The number of aromatic carboxylic acids is 1. The van der Waals surface area contributed by atoms with Gasteiger partial charge in [0.2, 0.25) is 0 Å². The third-order valence-corrected chi connectivity index (χ3v) is 5.24. The van der Waals surface area contributed by atoms with Crippen LogP contribution >= 0.6 is 27.3 Å². The molecule has 0 bridgehead atoms. The Morgan fingerprint density at radius 1 is 1.29 bits per heavy atom. The number of thiophene rings is 1. The van der Waals surface area contributed by atoms with Gasteiger partial charge in [0.15, 0.2) is 11.6 Å². The summed E-state index contributed by atoms with van der Waals surface area (Å²) in [5.41, 5.74) is -0.874. The van der Waals surface area contributed by atoms with E-state index in [1.54, 1.807) is 4.72 Å². The fraction of sp³-hybridized carbons (Fsp3) is 0. The van der Waals surface area contributed by atoms with E-state index in [9.17, 15) is 22.0 Å². The van der Waals surface area contributed by atoms with Gasteiger partial charge in [-0.2, -0.15) is 0 Å². The third kappa shape index (κ3) is 3.22. The lowest BCUT2D eigenvalue weighted by Crippen LogP contribution is -2.17. The van der Waals surface area contributed by atoms with Gasteiger partial charge in [-0.05, 0) is 23.6 Å². The molecular formula is C11H6BrF2NO4S2. The summed E-state index contributed by atoms with van der Waals surface area (Å²) in [5, 5.41) is 10.1. The highest BCUT2D eigenvalue weighted by Gasteiger charge is 2.26. The molecule has 21 heavy (non-hydrogen) atoms. The van der Waals surface area contributed by atoms with E-state index < -0.39 is 43.1 Å². The van der Waals surface area contributed by atoms with Crippen LogP contribution in [-0.2, 0) is 10.0 Å². The molecule has 0 aliphatic carbocycles. The van der Waals surface area contributed by atoms with E-state index in [0.29, 0.717) is 11.3 Å². The first-order chi connectivity index (χ1) is 9.72. The summed E-state index contributed by atoms with van der Waals surface area (Å²) in [6.45, 7) is 0. The number of hydrogen-bond acceptors (Lipinski definition) is 4. The molecule has 0 unspecified atom stereocenters. The van der Waals surface area contributed by atoms with Crippen LogP contribution in [0.1, 0.15) is 9.67 Å². The Hall–Kier alpha value is -1.52. The highest BCUT2D eigenvalue weighted by molar-refractivity contribution is 9.10. The predicted molar refractivity (Wildman–Crippen MR) is 76.1 cm³/mol. The fourth-order valence-corrected chi connectivity index (χ4v) is 4.23. The van der Waals surface area contributed by atoms with Gasteiger partial charge in [0.25, 0.3) is 10.0 Å². The minimum Gasteiger partial charge on any atom is -0.477 e. The van der Waals surface area contributed by atoms with Crippen LogP contribution < -0.4 is 4.72 Å². The average molecular weight is 398 g/mol. The zero-order chi connectivity index (χ0) is 15.8. The molecule has 1 aromatic heterocycles. The second-order valence-corrected chi connectivity index (χ2v) is 7.25. The standard InChI is InChI=1S/C11H6BrF2NO4S2/c12-5-3-6(13)9(7(14)4-5)15-21(18,19)8-1-2-20-10(8)11(16)17/h1-4,15H,(H,16,17). The molecule has 10 heteroatoms. The van der Waals surface area contributed by atoms with Gasteiger partial charge in [-0.25, -0.2) is 22.0 Å². The highest BCUT2D eigenvalue weighted by Crippen LogP contribution is 2.28. The van der Waals surface area contributed by atoms with Crippen LogP contribution in [0, 0.1) is 11.6 Å². The smallest absolute Gasteiger partial charge is 0.347 e. The maximum absolute atomic E-state index is 13.6. The molecule has 0 aliphatic heterocycles. The average Bonchev–Trinajstić information content (AvgIpc) is 2.83. The van der Waals surface area contributed by atoms with Crippen LogP contribution in [0.2, 0.25) is 0 Å². The number of halogens is 3. The molecular weight excluding hydrogens is 392 g/mol. The molecule has 0 amide bonds. The summed E-state index contributed by atoms with van der Waals surface area (Å²) in [6, 6.07) is 2.81. The molecule has 0 fully saturated rings. The topological polar surface area (TPSA) is 83.5 Å². The number of carboxylic acids is 1. The van der Waals surface area contributed by atoms with Gasteiger partial charge in [-0.3, -0.25) is 4.72 Å². The van der Waals surface area contributed by atoms with Crippen molar-refractivity contribution < 1.29 is 27.1 Å². The van der Waals surface area contributed by atoms with Crippen LogP contribution in [-0.4, -0.2) is 19.5 Å². The number of benzene rings is 1. The number of carboxylic acid groups (broad SMARTS) is 1. The molecule has 0 spiro atoms. The van der Waals surface area contributed by atoms with Crippen LogP contribution in [0.5, 0.6) is 0 Å². The maximum atomic E-state index is 13.6. The number of anilines is 1. The Kier molecular flexibility index (Phi) is 4.30.